The number of nitrogens with zero attached hydrogens (tertiary/aromatic N) is 1. The standard InChI is InChI=1S/C19H16Cl2N2O2/c20-15-6-5-12(9-16(15)21)22-18(24)13-10-14(13)19(25)23-8-7-11-3-1-2-4-17(11)23/h1-6,9,13-14H,7-8,10H2,(H,22,24). The van der Waals surface area contributed by atoms with Gasteiger partial charge in [-0.3, -0.25) is 9.59 Å². The van der Waals surface area contributed by atoms with Crippen LogP contribution in [0.5, 0.6) is 0 Å². The fourth-order valence-corrected chi connectivity index (χ4v) is 3.63. The van der Waals surface area contributed by atoms with E-state index in [9.17, 15) is 9.59 Å². The van der Waals surface area contributed by atoms with Crippen LogP contribution in [-0.2, 0) is 16.0 Å². The Morgan fingerprint density at radius 2 is 1.84 bits per heavy atom. The number of hydrogen-bond acceptors (Lipinski definition) is 2. The smallest absolute Gasteiger partial charge is 0.230 e. The lowest BCUT2D eigenvalue weighted by atomic mass is 10.2. The molecular formula is C19H16Cl2N2O2. The van der Waals surface area contributed by atoms with Crippen LogP contribution in [-0.4, -0.2) is 18.4 Å². The summed E-state index contributed by atoms with van der Waals surface area (Å²) >= 11 is 11.8. The third-order valence-corrected chi connectivity index (χ3v) is 5.52. The molecule has 1 saturated carbocycles. The number of carbonyl (C=O) groups excluding carboxylic acids is 2. The number of para-hydroxylation sites is 1. The molecule has 1 aliphatic heterocycles. The first kappa shape index (κ1) is 16.4. The Kier molecular flexibility index (Phi) is 4.18. The molecule has 2 unspecified atom stereocenters. The largest absolute Gasteiger partial charge is 0.326 e. The van der Waals surface area contributed by atoms with Crippen molar-refractivity contribution in [3.63, 3.8) is 0 Å². The van der Waals surface area contributed by atoms with E-state index in [0.717, 1.165) is 12.1 Å². The Hall–Kier alpha value is -2.04. The van der Waals surface area contributed by atoms with Crippen molar-refractivity contribution in [2.24, 2.45) is 11.8 Å². The SMILES string of the molecule is O=C(Nc1ccc(Cl)c(Cl)c1)C1CC1C(=O)N1CCc2ccccc21. The van der Waals surface area contributed by atoms with E-state index in [1.807, 2.05) is 29.2 Å². The molecule has 2 amide bonds. The number of halogens is 2. The molecule has 1 N–H and O–H groups in total. The highest BCUT2D eigenvalue weighted by atomic mass is 35.5. The Bertz CT molecular complexity index is 868. The van der Waals surface area contributed by atoms with E-state index in [-0.39, 0.29) is 23.7 Å². The zero-order valence-corrected chi connectivity index (χ0v) is 14.8. The lowest BCUT2D eigenvalue weighted by Crippen LogP contribution is -2.31. The first-order valence-electron chi connectivity index (χ1n) is 8.20. The number of nitrogens with one attached hydrogen (secondary N) is 1. The van der Waals surface area contributed by atoms with Gasteiger partial charge in [-0.2, -0.15) is 0 Å². The molecule has 25 heavy (non-hydrogen) atoms. The van der Waals surface area contributed by atoms with Crippen molar-refractivity contribution in [2.75, 3.05) is 16.8 Å². The Labute approximate surface area is 155 Å². The van der Waals surface area contributed by atoms with Crippen LogP contribution in [0.4, 0.5) is 11.4 Å². The van der Waals surface area contributed by atoms with Crippen molar-refractivity contribution in [2.45, 2.75) is 12.8 Å². The molecule has 6 heteroatoms. The summed E-state index contributed by atoms with van der Waals surface area (Å²) in [4.78, 5) is 26.9. The van der Waals surface area contributed by atoms with Gasteiger partial charge in [0.1, 0.15) is 0 Å². The predicted octanol–water partition coefficient (Wildman–Crippen LogP) is 4.16. The molecule has 2 aliphatic rings. The van der Waals surface area contributed by atoms with Gasteiger partial charge in [-0.15, -0.1) is 0 Å². The molecule has 2 aromatic rings. The van der Waals surface area contributed by atoms with Gasteiger partial charge in [0.05, 0.1) is 21.9 Å². The lowest BCUT2D eigenvalue weighted by molar-refractivity contribution is -0.123. The summed E-state index contributed by atoms with van der Waals surface area (Å²) in [6.45, 7) is 0.690. The molecule has 0 radical (unpaired) electrons. The fraction of sp³-hybridized carbons (Fsp3) is 0.263. The molecule has 1 aliphatic carbocycles. The molecule has 0 aromatic heterocycles. The van der Waals surface area contributed by atoms with Gasteiger partial charge in [-0.1, -0.05) is 41.4 Å². The van der Waals surface area contributed by atoms with Crippen molar-refractivity contribution >= 4 is 46.4 Å². The van der Waals surface area contributed by atoms with E-state index in [4.69, 9.17) is 23.2 Å². The van der Waals surface area contributed by atoms with Gasteiger partial charge in [-0.05, 0) is 42.7 Å². The first-order chi connectivity index (χ1) is 12.0. The lowest BCUT2D eigenvalue weighted by Gasteiger charge is -2.17. The zero-order valence-electron chi connectivity index (χ0n) is 13.3. The van der Waals surface area contributed by atoms with Crippen molar-refractivity contribution in [1.82, 2.24) is 0 Å². The first-order valence-corrected chi connectivity index (χ1v) is 8.95. The fourth-order valence-electron chi connectivity index (χ4n) is 3.33. The molecule has 4 rings (SSSR count). The van der Waals surface area contributed by atoms with Crippen LogP contribution in [0.25, 0.3) is 0 Å². The number of hydrogen-bond donors (Lipinski definition) is 1. The Balaban J connectivity index is 1.41. The minimum atomic E-state index is -0.283. The molecule has 2 aromatic carbocycles. The molecule has 0 saturated heterocycles. The number of amides is 2. The monoisotopic (exact) mass is 374 g/mol. The number of fused-ring (bicyclic) bond motifs is 1. The highest BCUT2D eigenvalue weighted by molar-refractivity contribution is 6.42. The number of benzene rings is 2. The minimum absolute atomic E-state index is 0.0410. The van der Waals surface area contributed by atoms with Gasteiger partial charge in [0.15, 0.2) is 0 Å². The van der Waals surface area contributed by atoms with Crippen LogP contribution in [0, 0.1) is 11.8 Å². The van der Waals surface area contributed by atoms with Crippen LogP contribution >= 0.6 is 23.2 Å². The van der Waals surface area contributed by atoms with Gasteiger partial charge in [0.2, 0.25) is 11.8 Å². The van der Waals surface area contributed by atoms with E-state index >= 15 is 0 Å². The summed E-state index contributed by atoms with van der Waals surface area (Å²) in [6, 6.07) is 12.9. The van der Waals surface area contributed by atoms with E-state index in [1.54, 1.807) is 18.2 Å². The van der Waals surface area contributed by atoms with E-state index in [2.05, 4.69) is 5.32 Å². The van der Waals surface area contributed by atoms with Gasteiger partial charge in [0, 0.05) is 17.9 Å². The average molecular weight is 375 g/mol. The van der Waals surface area contributed by atoms with Gasteiger partial charge in [0.25, 0.3) is 0 Å². The second kappa shape index (κ2) is 6.36. The Morgan fingerprint density at radius 1 is 1.04 bits per heavy atom. The number of rotatable bonds is 3. The molecule has 0 spiro atoms. The number of anilines is 2. The summed E-state index contributed by atoms with van der Waals surface area (Å²) in [5.74, 6) is -0.632. The predicted molar refractivity (Wildman–Crippen MR) is 99.2 cm³/mol. The summed E-state index contributed by atoms with van der Waals surface area (Å²) in [7, 11) is 0. The van der Waals surface area contributed by atoms with Crippen molar-refractivity contribution in [3.8, 4) is 0 Å². The van der Waals surface area contributed by atoms with Crippen LogP contribution in [0.15, 0.2) is 42.5 Å². The van der Waals surface area contributed by atoms with Gasteiger partial charge in [-0.25, -0.2) is 0 Å². The molecule has 2 atom stereocenters. The molecule has 128 valence electrons. The highest BCUT2D eigenvalue weighted by Crippen LogP contribution is 2.43. The second-order valence-electron chi connectivity index (χ2n) is 6.44. The maximum Gasteiger partial charge on any atom is 0.230 e. The summed E-state index contributed by atoms with van der Waals surface area (Å²) in [5, 5.41) is 3.64. The molecule has 4 nitrogen and oxygen atoms in total. The third kappa shape index (κ3) is 3.12. The molecule has 1 fully saturated rings. The van der Waals surface area contributed by atoms with Crippen LogP contribution in [0.2, 0.25) is 10.0 Å². The normalized spacial score (nSPS) is 21.0. The maximum absolute atomic E-state index is 12.7. The Morgan fingerprint density at radius 3 is 2.64 bits per heavy atom. The van der Waals surface area contributed by atoms with Crippen LogP contribution in [0.3, 0.4) is 0 Å². The second-order valence-corrected chi connectivity index (χ2v) is 7.25. The van der Waals surface area contributed by atoms with Crippen molar-refractivity contribution in [3.05, 3.63) is 58.1 Å². The quantitative estimate of drug-likeness (QED) is 0.876. The summed E-state index contributed by atoms with van der Waals surface area (Å²) in [5.41, 5.74) is 2.75. The van der Waals surface area contributed by atoms with Crippen LogP contribution in [0.1, 0.15) is 12.0 Å². The van der Waals surface area contributed by atoms with Gasteiger partial charge >= 0.3 is 0 Å². The van der Waals surface area contributed by atoms with E-state index in [0.29, 0.717) is 28.7 Å². The van der Waals surface area contributed by atoms with Crippen LogP contribution < -0.4 is 10.2 Å². The summed E-state index contributed by atoms with van der Waals surface area (Å²) in [6.07, 6.45) is 1.46. The maximum atomic E-state index is 12.7. The average Bonchev–Trinajstić information content (AvgIpc) is 3.30. The topological polar surface area (TPSA) is 49.4 Å². The van der Waals surface area contributed by atoms with Crippen molar-refractivity contribution < 1.29 is 9.59 Å². The molecular weight excluding hydrogens is 359 g/mol. The summed E-state index contributed by atoms with van der Waals surface area (Å²) < 4.78 is 0. The van der Waals surface area contributed by atoms with E-state index in [1.165, 1.54) is 5.56 Å². The van der Waals surface area contributed by atoms with Crippen molar-refractivity contribution in [1.29, 1.82) is 0 Å². The minimum Gasteiger partial charge on any atom is -0.326 e. The highest BCUT2D eigenvalue weighted by Gasteiger charge is 2.50. The third-order valence-electron chi connectivity index (χ3n) is 4.78. The van der Waals surface area contributed by atoms with E-state index < -0.39 is 0 Å². The molecule has 1 heterocycles. The zero-order chi connectivity index (χ0) is 17.6. The van der Waals surface area contributed by atoms with Gasteiger partial charge < -0.3 is 10.2 Å². The number of carbonyl (C=O) groups is 2. The molecule has 0 bridgehead atoms.